The average molecular weight is 439 g/mol. The molecule has 0 atom stereocenters. The van der Waals surface area contributed by atoms with Crippen molar-refractivity contribution in [3.63, 3.8) is 0 Å². The molecule has 1 amide bonds. The first-order valence-electron chi connectivity index (χ1n) is 7.71. The minimum atomic E-state index is -4.78. The number of anilines is 1. The Morgan fingerprint density at radius 1 is 1.11 bits per heavy atom. The summed E-state index contributed by atoms with van der Waals surface area (Å²) in [6.07, 6.45) is -3.64. The van der Waals surface area contributed by atoms with Gasteiger partial charge in [0, 0.05) is 4.47 Å². The van der Waals surface area contributed by atoms with Crippen LogP contribution in [0.5, 0.6) is 11.5 Å². The highest BCUT2D eigenvalue weighted by Gasteiger charge is 2.46. The number of fused-ring (bicyclic) bond motifs is 1. The molecule has 0 bridgehead atoms. The molecule has 0 radical (unpaired) electrons. The van der Waals surface area contributed by atoms with Crippen molar-refractivity contribution >= 4 is 39.3 Å². The Morgan fingerprint density at radius 2 is 1.78 bits per heavy atom. The second kappa shape index (κ2) is 6.41. The molecule has 0 N–H and O–H groups in total. The third-order valence-electron chi connectivity index (χ3n) is 3.94. The van der Waals surface area contributed by atoms with Gasteiger partial charge in [-0.15, -0.1) is 0 Å². The molecule has 27 heavy (non-hydrogen) atoms. The fourth-order valence-corrected chi connectivity index (χ4v) is 3.13. The van der Waals surface area contributed by atoms with Crippen LogP contribution in [0.4, 0.5) is 18.9 Å². The van der Waals surface area contributed by atoms with Crippen molar-refractivity contribution in [1.29, 1.82) is 0 Å². The van der Waals surface area contributed by atoms with Crippen LogP contribution < -0.4 is 14.5 Å². The number of rotatable bonds is 2. The van der Waals surface area contributed by atoms with Gasteiger partial charge in [0.25, 0.3) is 5.91 Å². The molecule has 138 valence electrons. The molecule has 2 aromatic rings. The number of halogens is 4. The van der Waals surface area contributed by atoms with E-state index in [0.717, 1.165) is 11.1 Å². The van der Waals surface area contributed by atoms with E-state index < -0.39 is 23.4 Å². The maximum atomic E-state index is 13.5. The number of carbonyl (C=O) groups is 1. The Hall–Kier alpha value is -2.81. The van der Waals surface area contributed by atoms with Crippen LogP contribution in [-0.2, 0) is 4.79 Å². The molecule has 9 heteroatoms. The SMILES string of the molecule is O=C1/C(=C\c2cc3c(cc2Br)OCO3)C(C(F)(F)F)=NN1c1ccccc1. The number of amides is 1. The zero-order valence-corrected chi connectivity index (χ0v) is 15.0. The largest absolute Gasteiger partial charge is 0.454 e. The lowest BCUT2D eigenvalue weighted by atomic mass is 10.1. The summed E-state index contributed by atoms with van der Waals surface area (Å²) in [7, 11) is 0. The smallest absolute Gasteiger partial charge is 0.435 e. The normalized spacial score (nSPS) is 17.6. The van der Waals surface area contributed by atoms with Gasteiger partial charge in [0.2, 0.25) is 6.79 Å². The van der Waals surface area contributed by atoms with Gasteiger partial charge in [-0.1, -0.05) is 34.1 Å². The van der Waals surface area contributed by atoms with Crippen molar-refractivity contribution in [2.24, 2.45) is 5.10 Å². The quantitative estimate of drug-likeness (QED) is 0.647. The number of hydrazone groups is 1. The van der Waals surface area contributed by atoms with Crippen molar-refractivity contribution < 1.29 is 27.4 Å². The van der Waals surface area contributed by atoms with Gasteiger partial charge in [0.1, 0.15) is 0 Å². The zero-order valence-electron chi connectivity index (χ0n) is 13.5. The van der Waals surface area contributed by atoms with E-state index in [9.17, 15) is 18.0 Å². The van der Waals surface area contributed by atoms with Crippen molar-refractivity contribution in [2.75, 3.05) is 11.8 Å². The maximum absolute atomic E-state index is 13.5. The minimum Gasteiger partial charge on any atom is -0.454 e. The first-order chi connectivity index (χ1) is 12.8. The second-order valence-electron chi connectivity index (χ2n) is 5.68. The molecule has 2 aliphatic rings. The molecule has 0 aromatic heterocycles. The van der Waals surface area contributed by atoms with Crippen LogP contribution in [0.3, 0.4) is 0 Å². The fraction of sp³-hybridized carbons (Fsp3) is 0.111. The summed E-state index contributed by atoms with van der Waals surface area (Å²) >= 11 is 3.28. The molecule has 5 nitrogen and oxygen atoms in total. The van der Waals surface area contributed by atoms with Crippen LogP contribution in [-0.4, -0.2) is 24.6 Å². The van der Waals surface area contributed by atoms with Crippen molar-refractivity contribution in [3.05, 3.63) is 58.1 Å². The zero-order chi connectivity index (χ0) is 19.2. The van der Waals surface area contributed by atoms with Crippen LogP contribution in [0.25, 0.3) is 6.08 Å². The molecule has 2 heterocycles. The number of alkyl halides is 3. The summed E-state index contributed by atoms with van der Waals surface area (Å²) < 4.78 is 51.4. The van der Waals surface area contributed by atoms with Crippen LogP contribution in [0.15, 0.2) is 57.6 Å². The number of nitrogens with zero attached hydrogens (tertiary/aromatic N) is 2. The number of benzene rings is 2. The molecule has 0 fully saturated rings. The Morgan fingerprint density at radius 3 is 2.44 bits per heavy atom. The van der Waals surface area contributed by atoms with Gasteiger partial charge in [0.15, 0.2) is 17.2 Å². The molecule has 0 aliphatic carbocycles. The van der Waals surface area contributed by atoms with Crippen molar-refractivity contribution in [3.8, 4) is 11.5 Å². The number of hydrogen-bond acceptors (Lipinski definition) is 4. The van der Waals surface area contributed by atoms with Gasteiger partial charge < -0.3 is 9.47 Å². The highest BCUT2D eigenvalue weighted by Crippen LogP contribution is 2.39. The van der Waals surface area contributed by atoms with Crippen LogP contribution in [0, 0.1) is 0 Å². The molecule has 0 unspecified atom stereocenters. The van der Waals surface area contributed by atoms with Crippen LogP contribution in [0.1, 0.15) is 5.56 Å². The monoisotopic (exact) mass is 438 g/mol. The Bertz CT molecular complexity index is 987. The average Bonchev–Trinajstić information content (AvgIpc) is 3.20. The number of carbonyl (C=O) groups excluding carboxylic acids is 1. The lowest BCUT2D eigenvalue weighted by molar-refractivity contribution is -0.114. The molecule has 2 aromatic carbocycles. The summed E-state index contributed by atoms with van der Waals surface area (Å²) in [6, 6.07) is 11.0. The molecule has 0 spiro atoms. The molecule has 0 saturated carbocycles. The van der Waals surface area contributed by atoms with Crippen LogP contribution in [0.2, 0.25) is 0 Å². The third kappa shape index (κ3) is 3.18. The minimum absolute atomic E-state index is 0.0256. The van der Waals surface area contributed by atoms with E-state index in [2.05, 4.69) is 21.0 Å². The Labute approximate surface area is 159 Å². The van der Waals surface area contributed by atoms with Gasteiger partial charge in [-0.3, -0.25) is 4.79 Å². The summed E-state index contributed by atoms with van der Waals surface area (Å²) in [5.74, 6) is -0.00333. The van der Waals surface area contributed by atoms with E-state index in [-0.39, 0.29) is 12.5 Å². The Balaban J connectivity index is 1.81. The lowest BCUT2D eigenvalue weighted by Gasteiger charge is -2.11. The topological polar surface area (TPSA) is 51.1 Å². The van der Waals surface area contributed by atoms with Crippen molar-refractivity contribution in [1.82, 2.24) is 0 Å². The predicted octanol–water partition coefficient (Wildman–Crippen LogP) is 4.53. The second-order valence-corrected chi connectivity index (χ2v) is 6.54. The van der Waals surface area contributed by atoms with Crippen LogP contribution >= 0.6 is 15.9 Å². The molecule has 4 rings (SSSR count). The molecule has 2 aliphatic heterocycles. The summed E-state index contributed by atoms with van der Waals surface area (Å²) in [4.78, 5) is 12.7. The first-order valence-corrected chi connectivity index (χ1v) is 8.50. The van der Waals surface area contributed by atoms with E-state index >= 15 is 0 Å². The van der Waals surface area contributed by atoms with E-state index in [1.165, 1.54) is 18.2 Å². The van der Waals surface area contributed by atoms with Crippen molar-refractivity contribution in [2.45, 2.75) is 6.18 Å². The number of ether oxygens (including phenoxy) is 2. The third-order valence-corrected chi connectivity index (χ3v) is 4.63. The lowest BCUT2D eigenvalue weighted by Crippen LogP contribution is -2.25. The standard InChI is InChI=1S/C18H10BrF3N2O3/c19-13-8-15-14(26-9-27-15)7-10(13)6-12-16(18(20,21)22)23-24(17(12)25)11-4-2-1-3-5-11/h1-8H,9H2/b12-6-. The highest BCUT2D eigenvalue weighted by molar-refractivity contribution is 9.10. The summed E-state index contributed by atoms with van der Waals surface area (Å²) in [5.41, 5.74) is -1.21. The van der Waals surface area contributed by atoms with Gasteiger partial charge >= 0.3 is 6.18 Å². The highest BCUT2D eigenvalue weighted by atomic mass is 79.9. The first kappa shape index (κ1) is 17.6. The molecule has 0 saturated heterocycles. The molecular formula is C18H10BrF3N2O3. The number of para-hydroxylation sites is 1. The number of hydrogen-bond donors (Lipinski definition) is 0. The van der Waals surface area contributed by atoms with E-state index in [1.807, 2.05) is 0 Å². The Kier molecular flexibility index (Phi) is 4.18. The fourth-order valence-electron chi connectivity index (χ4n) is 2.70. The van der Waals surface area contributed by atoms with Gasteiger partial charge in [-0.2, -0.15) is 23.3 Å². The van der Waals surface area contributed by atoms with Gasteiger partial charge in [-0.05, 0) is 35.9 Å². The molecular weight excluding hydrogens is 429 g/mol. The van der Waals surface area contributed by atoms with E-state index in [1.54, 1.807) is 24.3 Å². The van der Waals surface area contributed by atoms with E-state index in [4.69, 9.17) is 9.47 Å². The van der Waals surface area contributed by atoms with E-state index in [0.29, 0.717) is 21.5 Å². The summed E-state index contributed by atoms with van der Waals surface area (Å²) in [5, 5.41) is 4.27. The summed E-state index contributed by atoms with van der Waals surface area (Å²) in [6.45, 7) is 0.0256. The predicted molar refractivity (Wildman–Crippen MR) is 95.7 cm³/mol. The van der Waals surface area contributed by atoms with Gasteiger partial charge in [0.05, 0.1) is 11.3 Å². The maximum Gasteiger partial charge on any atom is 0.435 e. The van der Waals surface area contributed by atoms with Gasteiger partial charge in [-0.25, -0.2) is 0 Å².